The molecule has 0 bridgehead atoms. The lowest BCUT2D eigenvalue weighted by Crippen LogP contribution is -2.13. The molecule has 0 atom stereocenters. The van der Waals surface area contributed by atoms with Gasteiger partial charge in [-0.25, -0.2) is 9.78 Å². The summed E-state index contributed by atoms with van der Waals surface area (Å²) < 4.78 is 24.6. The highest BCUT2D eigenvalue weighted by molar-refractivity contribution is 7.54. The van der Waals surface area contributed by atoms with E-state index in [2.05, 4.69) is 29.8 Å². The second-order valence-corrected chi connectivity index (χ2v) is 3.95. The number of carbonyl (C=O) groups is 1. The Bertz CT molecular complexity index is 272. The van der Waals surface area contributed by atoms with Crippen LogP contribution in [0.4, 0.5) is 0 Å². The second-order valence-electron chi connectivity index (χ2n) is 2.12. The Morgan fingerprint density at radius 3 is 2.27 bits per heavy atom. The monoisotopic (exact) mass is 238 g/mol. The van der Waals surface area contributed by atoms with Crippen LogP contribution in [0.3, 0.4) is 0 Å². The minimum absolute atomic E-state index is 0.223. The molecule has 0 unspecified atom stereocenters. The number of hydrogen-bond acceptors (Lipinski definition) is 7. The SMILES string of the molecule is C#CCOC(=O)CP(=O)(OOC)OOC. The molecule has 7 nitrogen and oxygen atoms in total. The zero-order valence-corrected chi connectivity index (χ0v) is 9.19. The van der Waals surface area contributed by atoms with E-state index in [0.29, 0.717) is 0 Å². The fourth-order valence-electron chi connectivity index (χ4n) is 0.618. The van der Waals surface area contributed by atoms with Crippen molar-refractivity contribution in [3.63, 3.8) is 0 Å². The van der Waals surface area contributed by atoms with Crippen molar-refractivity contribution in [1.82, 2.24) is 0 Å². The van der Waals surface area contributed by atoms with E-state index in [9.17, 15) is 9.36 Å². The molecule has 0 amide bonds. The molecule has 0 aliphatic carbocycles. The maximum atomic E-state index is 11.5. The van der Waals surface area contributed by atoms with E-state index >= 15 is 0 Å². The molecular formula is C7H11O7P. The predicted molar refractivity (Wildman–Crippen MR) is 48.5 cm³/mol. The lowest BCUT2D eigenvalue weighted by atomic mass is 10.7. The second kappa shape index (κ2) is 7.40. The van der Waals surface area contributed by atoms with Gasteiger partial charge in [0, 0.05) is 0 Å². The summed E-state index contributed by atoms with van der Waals surface area (Å²) in [4.78, 5) is 19.3. The average molecular weight is 238 g/mol. The van der Waals surface area contributed by atoms with E-state index < -0.39 is 19.7 Å². The van der Waals surface area contributed by atoms with Crippen LogP contribution in [-0.4, -0.2) is 33.0 Å². The number of esters is 1. The Labute approximate surface area is 87.0 Å². The quantitative estimate of drug-likeness (QED) is 0.210. The average Bonchev–Trinajstić information content (AvgIpc) is 2.15. The van der Waals surface area contributed by atoms with E-state index in [0.717, 1.165) is 14.2 Å². The van der Waals surface area contributed by atoms with Crippen LogP contribution in [0.1, 0.15) is 0 Å². The topological polar surface area (TPSA) is 80.3 Å². The third-order valence-electron chi connectivity index (χ3n) is 1.02. The van der Waals surface area contributed by atoms with Crippen molar-refractivity contribution >= 4 is 13.6 Å². The Balaban J connectivity index is 4.22. The summed E-state index contributed by atoms with van der Waals surface area (Å²) in [6, 6.07) is 0. The molecule has 0 aromatic rings. The first-order chi connectivity index (χ1) is 7.08. The Morgan fingerprint density at radius 2 is 1.87 bits per heavy atom. The number of rotatable bonds is 7. The van der Waals surface area contributed by atoms with Gasteiger partial charge in [0.25, 0.3) is 0 Å². The van der Waals surface area contributed by atoms with Crippen molar-refractivity contribution in [3.05, 3.63) is 0 Å². The van der Waals surface area contributed by atoms with Crippen LogP contribution in [0.25, 0.3) is 0 Å². The van der Waals surface area contributed by atoms with Crippen LogP contribution in [0, 0.1) is 12.3 Å². The highest BCUT2D eigenvalue weighted by atomic mass is 31.2. The molecule has 0 aromatic heterocycles. The summed E-state index contributed by atoms with van der Waals surface area (Å²) in [5.74, 6) is 1.23. The molecule has 0 saturated heterocycles. The molecular weight excluding hydrogens is 227 g/mol. The van der Waals surface area contributed by atoms with Gasteiger partial charge in [-0.3, -0.25) is 9.36 Å². The van der Waals surface area contributed by atoms with Crippen molar-refractivity contribution < 1.29 is 33.2 Å². The normalized spacial score (nSPS) is 10.7. The maximum Gasteiger partial charge on any atom is 0.395 e. The number of carbonyl (C=O) groups excluding carboxylic acids is 1. The molecule has 0 saturated carbocycles. The molecule has 86 valence electrons. The number of terminal acetylenes is 1. The summed E-state index contributed by atoms with van der Waals surface area (Å²) in [7, 11) is -1.58. The Morgan fingerprint density at radius 1 is 1.33 bits per heavy atom. The summed E-state index contributed by atoms with van der Waals surface area (Å²) in [5.41, 5.74) is 0. The highest BCUT2D eigenvalue weighted by Crippen LogP contribution is 2.48. The maximum absolute atomic E-state index is 11.5. The first kappa shape index (κ1) is 14.1. The Kier molecular flexibility index (Phi) is 6.96. The van der Waals surface area contributed by atoms with Gasteiger partial charge in [0.05, 0.1) is 14.2 Å². The molecule has 0 spiro atoms. The molecule has 0 aliphatic rings. The minimum Gasteiger partial charge on any atom is -0.452 e. The molecule has 0 fully saturated rings. The first-order valence-electron chi connectivity index (χ1n) is 3.71. The van der Waals surface area contributed by atoms with Gasteiger partial charge >= 0.3 is 13.6 Å². The lowest BCUT2D eigenvalue weighted by molar-refractivity contribution is -0.242. The highest BCUT2D eigenvalue weighted by Gasteiger charge is 2.32. The molecule has 0 heterocycles. The zero-order valence-electron chi connectivity index (χ0n) is 8.30. The van der Waals surface area contributed by atoms with Gasteiger partial charge in [-0.1, -0.05) is 5.92 Å². The molecule has 8 heteroatoms. The van der Waals surface area contributed by atoms with E-state index in [1.807, 2.05) is 0 Å². The van der Waals surface area contributed by atoms with E-state index in [1.54, 1.807) is 0 Å². The van der Waals surface area contributed by atoms with Crippen LogP contribution < -0.4 is 0 Å². The number of hydrogen-bond donors (Lipinski definition) is 0. The minimum atomic E-state index is -3.80. The van der Waals surface area contributed by atoms with Crippen LogP contribution in [0.15, 0.2) is 0 Å². The van der Waals surface area contributed by atoms with Crippen molar-refractivity contribution in [2.75, 3.05) is 27.0 Å². The Hall–Kier alpha value is -0.900. The smallest absolute Gasteiger partial charge is 0.395 e. The van der Waals surface area contributed by atoms with Crippen LogP contribution in [0.5, 0.6) is 0 Å². The largest absolute Gasteiger partial charge is 0.452 e. The fourth-order valence-corrected chi connectivity index (χ4v) is 1.61. The summed E-state index contributed by atoms with van der Waals surface area (Å²) in [5, 5.41) is 0. The van der Waals surface area contributed by atoms with E-state index in [1.165, 1.54) is 0 Å². The van der Waals surface area contributed by atoms with Crippen LogP contribution in [-0.2, 0) is 33.2 Å². The van der Waals surface area contributed by atoms with Crippen LogP contribution >= 0.6 is 7.60 Å². The van der Waals surface area contributed by atoms with Gasteiger partial charge in [-0.2, -0.15) is 0 Å². The summed E-state index contributed by atoms with van der Waals surface area (Å²) >= 11 is 0. The lowest BCUT2D eigenvalue weighted by Gasteiger charge is -2.12. The van der Waals surface area contributed by atoms with Gasteiger partial charge in [-0.05, 0) is 0 Å². The van der Waals surface area contributed by atoms with E-state index in [4.69, 9.17) is 6.42 Å². The van der Waals surface area contributed by atoms with Crippen molar-refractivity contribution in [2.24, 2.45) is 0 Å². The molecule has 0 aliphatic heterocycles. The van der Waals surface area contributed by atoms with Gasteiger partial charge < -0.3 is 4.74 Å². The standard InChI is InChI=1S/C7H11O7P/c1-4-5-12-7(8)6-15(9,13-10-2)14-11-3/h1H,5-6H2,2-3H3. The molecule has 0 radical (unpaired) electrons. The number of ether oxygens (including phenoxy) is 1. The summed E-state index contributed by atoms with van der Waals surface area (Å²) in [6.07, 6.45) is 4.19. The molecule has 15 heavy (non-hydrogen) atoms. The van der Waals surface area contributed by atoms with Crippen molar-refractivity contribution in [3.8, 4) is 12.3 Å². The van der Waals surface area contributed by atoms with Crippen LogP contribution in [0.2, 0.25) is 0 Å². The summed E-state index contributed by atoms with van der Waals surface area (Å²) in [6.45, 7) is -0.223. The van der Waals surface area contributed by atoms with Gasteiger partial charge in [-0.15, -0.1) is 15.8 Å². The first-order valence-corrected chi connectivity index (χ1v) is 5.43. The predicted octanol–water partition coefficient (Wildman–Crippen LogP) is 0.512. The van der Waals surface area contributed by atoms with Gasteiger partial charge in [0.1, 0.15) is 0 Å². The van der Waals surface area contributed by atoms with Crippen molar-refractivity contribution in [1.29, 1.82) is 0 Å². The van der Waals surface area contributed by atoms with Crippen molar-refractivity contribution in [2.45, 2.75) is 0 Å². The molecule has 0 aromatic carbocycles. The molecule has 0 rings (SSSR count). The molecule has 0 N–H and O–H groups in total. The van der Waals surface area contributed by atoms with Gasteiger partial charge in [0.15, 0.2) is 12.8 Å². The third kappa shape index (κ3) is 6.23. The fraction of sp³-hybridized carbons (Fsp3) is 0.571. The zero-order chi connectivity index (χ0) is 11.7. The van der Waals surface area contributed by atoms with Gasteiger partial charge in [0.2, 0.25) is 0 Å². The van der Waals surface area contributed by atoms with E-state index in [-0.39, 0.29) is 6.61 Å². The third-order valence-corrected chi connectivity index (χ3v) is 2.41.